The van der Waals surface area contributed by atoms with Gasteiger partial charge in [0.2, 0.25) is 0 Å². The van der Waals surface area contributed by atoms with Crippen molar-refractivity contribution in [1.29, 1.82) is 0 Å². The van der Waals surface area contributed by atoms with Gasteiger partial charge in [-0.15, -0.1) is 23.1 Å². The van der Waals surface area contributed by atoms with Gasteiger partial charge in [0, 0.05) is 23.0 Å². The molecule has 0 saturated carbocycles. The maximum atomic E-state index is 12.5. The van der Waals surface area contributed by atoms with E-state index >= 15 is 0 Å². The number of carbonyl (C=O) groups excluding carboxylic acids is 2. The number of carbonyl (C=O) groups is 2. The van der Waals surface area contributed by atoms with Crippen molar-refractivity contribution in [3.8, 4) is 0 Å². The van der Waals surface area contributed by atoms with Crippen LogP contribution in [0.5, 0.6) is 0 Å². The standard InChI is InChI=1S/C17H14N4O2S2/c1-24-12-4-2-3-11(9-12)20-17(23)15-13(5-8-25-15)21-16(22)14-10-18-6-7-19-14/h2-10H,1H3,(H,20,23)(H,21,22). The van der Waals surface area contributed by atoms with Gasteiger partial charge in [-0.25, -0.2) is 4.98 Å². The smallest absolute Gasteiger partial charge is 0.275 e. The Morgan fingerprint density at radius 2 is 2.00 bits per heavy atom. The van der Waals surface area contributed by atoms with Gasteiger partial charge in [-0.05, 0) is 35.9 Å². The predicted octanol–water partition coefficient (Wildman–Crippen LogP) is 3.76. The lowest BCUT2D eigenvalue weighted by molar-refractivity contribution is 0.102. The van der Waals surface area contributed by atoms with Crippen LogP contribution in [0.4, 0.5) is 11.4 Å². The number of hydrogen-bond donors (Lipinski definition) is 2. The summed E-state index contributed by atoms with van der Waals surface area (Å²) in [5.74, 6) is -0.687. The molecule has 0 bridgehead atoms. The molecule has 126 valence electrons. The minimum absolute atomic E-state index is 0.188. The number of thioether (sulfide) groups is 1. The van der Waals surface area contributed by atoms with Crippen molar-refractivity contribution >= 4 is 46.3 Å². The highest BCUT2D eigenvalue weighted by molar-refractivity contribution is 7.98. The lowest BCUT2D eigenvalue weighted by Crippen LogP contribution is -2.17. The normalized spacial score (nSPS) is 10.3. The number of hydrogen-bond acceptors (Lipinski definition) is 6. The number of benzene rings is 1. The minimum Gasteiger partial charge on any atom is -0.321 e. The maximum absolute atomic E-state index is 12.5. The number of anilines is 2. The van der Waals surface area contributed by atoms with E-state index < -0.39 is 5.91 Å². The number of aromatic nitrogens is 2. The zero-order chi connectivity index (χ0) is 17.6. The third kappa shape index (κ3) is 4.23. The van der Waals surface area contributed by atoms with Crippen molar-refractivity contribution in [2.75, 3.05) is 16.9 Å². The SMILES string of the molecule is CSc1cccc(NC(=O)c2sccc2NC(=O)c2cnccn2)c1. The summed E-state index contributed by atoms with van der Waals surface area (Å²) in [5.41, 5.74) is 1.34. The zero-order valence-electron chi connectivity index (χ0n) is 13.2. The van der Waals surface area contributed by atoms with Gasteiger partial charge in [-0.1, -0.05) is 6.07 Å². The number of nitrogens with one attached hydrogen (secondary N) is 2. The molecule has 0 spiro atoms. The monoisotopic (exact) mass is 370 g/mol. The maximum Gasteiger partial charge on any atom is 0.275 e. The van der Waals surface area contributed by atoms with Gasteiger partial charge in [0.1, 0.15) is 10.6 Å². The average Bonchev–Trinajstić information content (AvgIpc) is 3.11. The number of thiophene rings is 1. The first-order valence-electron chi connectivity index (χ1n) is 7.27. The van der Waals surface area contributed by atoms with Crippen LogP contribution in [-0.4, -0.2) is 28.0 Å². The topological polar surface area (TPSA) is 84.0 Å². The summed E-state index contributed by atoms with van der Waals surface area (Å²) in [4.78, 5) is 34.0. The Morgan fingerprint density at radius 1 is 1.12 bits per heavy atom. The molecule has 2 amide bonds. The number of rotatable bonds is 5. The number of amides is 2. The molecule has 0 aliphatic heterocycles. The Labute approximate surface area is 152 Å². The van der Waals surface area contributed by atoms with E-state index in [0.29, 0.717) is 16.3 Å². The third-order valence-electron chi connectivity index (χ3n) is 3.24. The van der Waals surface area contributed by atoms with Crippen LogP contribution in [-0.2, 0) is 0 Å². The van der Waals surface area contributed by atoms with Gasteiger partial charge in [-0.3, -0.25) is 14.6 Å². The van der Waals surface area contributed by atoms with E-state index in [1.54, 1.807) is 23.2 Å². The minimum atomic E-state index is -0.412. The first-order chi connectivity index (χ1) is 12.2. The first kappa shape index (κ1) is 17.1. The fourth-order valence-electron chi connectivity index (χ4n) is 2.07. The van der Waals surface area contributed by atoms with Crippen LogP contribution < -0.4 is 10.6 Å². The van der Waals surface area contributed by atoms with Crippen molar-refractivity contribution in [3.05, 3.63) is 64.9 Å². The van der Waals surface area contributed by atoms with Gasteiger partial charge in [0.25, 0.3) is 11.8 Å². The molecule has 1 aromatic carbocycles. The number of nitrogens with zero attached hydrogens (tertiary/aromatic N) is 2. The molecule has 25 heavy (non-hydrogen) atoms. The Balaban J connectivity index is 1.74. The zero-order valence-corrected chi connectivity index (χ0v) is 14.9. The van der Waals surface area contributed by atoms with E-state index in [9.17, 15) is 9.59 Å². The van der Waals surface area contributed by atoms with Gasteiger partial charge in [0.15, 0.2) is 0 Å². The molecule has 0 aliphatic rings. The van der Waals surface area contributed by atoms with Crippen molar-refractivity contribution in [3.63, 3.8) is 0 Å². The molecule has 2 heterocycles. The first-order valence-corrected chi connectivity index (χ1v) is 9.38. The van der Waals surface area contributed by atoms with Crippen molar-refractivity contribution in [2.24, 2.45) is 0 Å². The largest absolute Gasteiger partial charge is 0.321 e. The predicted molar refractivity (Wildman–Crippen MR) is 100 cm³/mol. The summed E-state index contributed by atoms with van der Waals surface area (Å²) in [6.07, 6.45) is 6.27. The lowest BCUT2D eigenvalue weighted by Gasteiger charge is -2.08. The summed E-state index contributed by atoms with van der Waals surface area (Å²) in [5, 5.41) is 7.30. The fourth-order valence-corrected chi connectivity index (χ4v) is 3.28. The van der Waals surface area contributed by atoms with Crippen LogP contribution in [0.15, 0.2) is 59.2 Å². The van der Waals surface area contributed by atoms with E-state index in [1.807, 2.05) is 30.5 Å². The fraction of sp³-hybridized carbons (Fsp3) is 0.0588. The van der Waals surface area contributed by atoms with Crippen LogP contribution in [0.2, 0.25) is 0 Å². The molecule has 6 nitrogen and oxygen atoms in total. The van der Waals surface area contributed by atoms with Crippen molar-refractivity contribution < 1.29 is 9.59 Å². The molecule has 0 saturated heterocycles. The molecule has 0 radical (unpaired) electrons. The average molecular weight is 370 g/mol. The molecular weight excluding hydrogens is 356 g/mol. The van der Waals surface area contributed by atoms with Gasteiger partial charge in [0.05, 0.1) is 11.9 Å². The Hall–Kier alpha value is -2.71. The van der Waals surface area contributed by atoms with E-state index in [0.717, 1.165) is 4.90 Å². The summed E-state index contributed by atoms with van der Waals surface area (Å²) in [6.45, 7) is 0. The quantitative estimate of drug-likeness (QED) is 0.668. The van der Waals surface area contributed by atoms with Crippen LogP contribution in [0.25, 0.3) is 0 Å². The second-order valence-electron chi connectivity index (χ2n) is 4.89. The highest BCUT2D eigenvalue weighted by Crippen LogP contribution is 2.25. The molecule has 2 aromatic heterocycles. The van der Waals surface area contributed by atoms with Crippen molar-refractivity contribution in [2.45, 2.75) is 4.90 Å². The molecule has 3 aromatic rings. The molecular formula is C17H14N4O2S2. The van der Waals surface area contributed by atoms with Gasteiger partial charge < -0.3 is 10.6 Å². The molecule has 0 aliphatic carbocycles. The molecule has 0 atom stereocenters. The second-order valence-corrected chi connectivity index (χ2v) is 6.69. The molecule has 8 heteroatoms. The van der Waals surface area contributed by atoms with Crippen LogP contribution in [0.3, 0.4) is 0 Å². The molecule has 0 fully saturated rings. The van der Waals surface area contributed by atoms with Crippen molar-refractivity contribution in [1.82, 2.24) is 9.97 Å². The van der Waals surface area contributed by atoms with E-state index in [-0.39, 0.29) is 11.6 Å². The summed E-state index contributed by atoms with van der Waals surface area (Å²) < 4.78 is 0. The summed E-state index contributed by atoms with van der Waals surface area (Å²) >= 11 is 2.85. The molecule has 0 unspecified atom stereocenters. The van der Waals surface area contributed by atoms with E-state index in [1.165, 1.54) is 29.9 Å². The van der Waals surface area contributed by atoms with Crippen LogP contribution in [0.1, 0.15) is 20.2 Å². The van der Waals surface area contributed by atoms with E-state index in [4.69, 9.17) is 0 Å². The van der Waals surface area contributed by atoms with Gasteiger partial charge in [-0.2, -0.15) is 0 Å². The van der Waals surface area contributed by atoms with Crippen LogP contribution in [0, 0.1) is 0 Å². The summed E-state index contributed by atoms with van der Waals surface area (Å²) in [6, 6.07) is 9.26. The summed E-state index contributed by atoms with van der Waals surface area (Å²) in [7, 11) is 0. The Bertz CT molecular complexity index is 896. The Kier molecular flexibility index (Phi) is 5.42. The Morgan fingerprint density at radius 3 is 2.76 bits per heavy atom. The lowest BCUT2D eigenvalue weighted by atomic mass is 10.3. The molecule has 3 rings (SSSR count). The highest BCUT2D eigenvalue weighted by atomic mass is 32.2. The molecule has 2 N–H and O–H groups in total. The highest BCUT2D eigenvalue weighted by Gasteiger charge is 2.17. The second kappa shape index (κ2) is 7.91. The van der Waals surface area contributed by atoms with Gasteiger partial charge >= 0.3 is 0 Å². The van der Waals surface area contributed by atoms with E-state index in [2.05, 4.69) is 20.6 Å². The third-order valence-corrected chi connectivity index (χ3v) is 4.88. The van der Waals surface area contributed by atoms with Crippen LogP contribution >= 0.6 is 23.1 Å².